The average Bonchev–Trinajstić information content (AvgIpc) is 2.06. The topological polar surface area (TPSA) is 38.7 Å². The van der Waals surface area contributed by atoms with Crippen LogP contribution in [0.25, 0.3) is 0 Å². The Morgan fingerprint density at radius 1 is 1.33 bits per heavy atom. The molecule has 3 nitrogen and oxygen atoms in total. The minimum absolute atomic E-state index is 0.141. The maximum absolute atomic E-state index is 7.99. The molecule has 0 aliphatic heterocycles. The molecular weight excluding hydrogens is 156 g/mol. The summed E-state index contributed by atoms with van der Waals surface area (Å²) in [6.45, 7) is 1.82. The van der Waals surface area contributed by atoms with Gasteiger partial charge >= 0.3 is 0 Å². The lowest BCUT2D eigenvalue weighted by Crippen LogP contribution is -2.10. The van der Waals surface area contributed by atoms with Crippen molar-refractivity contribution in [2.75, 3.05) is 0 Å². The lowest BCUT2D eigenvalue weighted by atomic mass is 10.1. The average molecular weight is 168 g/mol. The summed E-state index contributed by atoms with van der Waals surface area (Å²) in [5, 5.41) is 11.6. The first-order valence-corrected chi connectivity index (χ1v) is 3.83. The first-order chi connectivity index (χ1) is 5.83. The predicted octanol–water partition coefficient (Wildman–Crippen LogP) is 2.04. The predicted molar refractivity (Wildman–Crippen MR) is 44.4 cm³/mol. The summed E-state index contributed by atoms with van der Waals surface area (Å²) in [5.41, 5.74) is 1.15. The Labute approximate surface area is 71.4 Å². The Bertz CT molecular complexity index is 210. The van der Waals surface area contributed by atoms with Gasteiger partial charge in [-0.2, -0.15) is 0 Å². The van der Waals surface area contributed by atoms with Gasteiger partial charge in [0, 0.05) is 6.42 Å². The molecule has 66 valence electrons. The molecule has 1 aromatic carbocycles. The van der Waals surface area contributed by atoms with Gasteiger partial charge in [-0.15, -0.1) is 0 Å². The van der Waals surface area contributed by atoms with Gasteiger partial charge in [0.2, 0.25) is 0 Å². The van der Waals surface area contributed by atoms with Crippen LogP contribution in [-0.2, 0) is 16.3 Å². The van der Waals surface area contributed by atoms with Crippen molar-refractivity contribution in [1.82, 2.24) is 0 Å². The van der Waals surface area contributed by atoms with E-state index in [-0.39, 0.29) is 6.10 Å². The van der Waals surface area contributed by atoms with Gasteiger partial charge in [-0.1, -0.05) is 35.4 Å². The van der Waals surface area contributed by atoms with Crippen molar-refractivity contribution in [3.8, 4) is 0 Å². The Morgan fingerprint density at radius 2 is 2.00 bits per heavy atom. The van der Waals surface area contributed by atoms with Crippen LogP contribution in [0.15, 0.2) is 30.3 Å². The summed E-state index contributed by atoms with van der Waals surface area (Å²) in [4.78, 5) is 4.50. The molecule has 1 unspecified atom stereocenters. The van der Waals surface area contributed by atoms with Crippen LogP contribution >= 0.6 is 0 Å². The maximum Gasteiger partial charge on any atom is 0.0973 e. The lowest BCUT2D eigenvalue weighted by Gasteiger charge is -2.07. The quantitative estimate of drug-likeness (QED) is 0.552. The molecule has 0 radical (unpaired) electrons. The molecule has 0 amide bonds. The molecule has 1 aromatic rings. The van der Waals surface area contributed by atoms with E-state index in [2.05, 4.69) is 9.93 Å². The van der Waals surface area contributed by atoms with Crippen molar-refractivity contribution < 1.29 is 15.2 Å². The normalized spacial score (nSPS) is 12.8. The highest BCUT2D eigenvalue weighted by atomic mass is 17.5. The van der Waals surface area contributed by atoms with E-state index in [0.29, 0.717) is 0 Å². The molecule has 1 atom stereocenters. The summed E-state index contributed by atoms with van der Waals surface area (Å²) in [6, 6.07) is 9.87. The molecule has 1 rings (SSSR count). The van der Waals surface area contributed by atoms with Gasteiger partial charge in [0.25, 0.3) is 0 Å². The van der Waals surface area contributed by atoms with E-state index in [0.717, 1.165) is 12.0 Å². The van der Waals surface area contributed by atoms with Crippen molar-refractivity contribution in [3.63, 3.8) is 0 Å². The number of hydrogen-bond donors (Lipinski definition) is 1. The lowest BCUT2D eigenvalue weighted by molar-refractivity contribution is -0.504. The minimum atomic E-state index is -0.141. The van der Waals surface area contributed by atoms with E-state index in [4.69, 9.17) is 5.26 Å². The second-order valence-corrected chi connectivity index (χ2v) is 2.67. The van der Waals surface area contributed by atoms with Gasteiger partial charge in [0.05, 0.1) is 6.10 Å². The van der Waals surface area contributed by atoms with Crippen LogP contribution in [0.5, 0.6) is 0 Å². The summed E-state index contributed by atoms with van der Waals surface area (Å²) in [5.74, 6) is 0. The molecule has 0 aliphatic carbocycles. The first-order valence-electron chi connectivity index (χ1n) is 3.83. The van der Waals surface area contributed by atoms with Crippen molar-refractivity contribution in [3.05, 3.63) is 35.9 Å². The van der Waals surface area contributed by atoms with Gasteiger partial charge in [0.1, 0.15) is 0 Å². The molecule has 0 fully saturated rings. The Balaban J connectivity index is 2.41. The summed E-state index contributed by atoms with van der Waals surface area (Å²) < 4.78 is 0. The largest absolute Gasteiger partial charge is 0.221 e. The van der Waals surface area contributed by atoms with Crippen LogP contribution in [0.3, 0.4) is 0 Å². The fourth-order valence-electron chi connectivity index (χ4n) is 1.05. The molecule has 0 spiro atoms. The SMILES string of the molecule is CC(Cc1ccccc1)OOO. The van der Waals surface area contributed by atoms with Gasteiger partial charge in [-0.3, -0.25) is 0 Å². The molecule has 0 heterocycles. The van der Waals surface area contributed by atoms with Crippen molar-refractivity contribution >= 4 is 0 Å². The third kappa shape index (κ3) is 3.00. The fraction of sp³-hybridized carbons (Fsp3) is 0.333. The molecule has 12 heavy (non-hydrogen) atoms. The Kier molecular flexibility index (Phi) is 3.73. The monoisotopic (exact) mass is 168 g/mol. The van der Waals surface area contributed by atoms with Crippen LogP contribution < -0.4 is 0 Å². The summed E-state index contributed by atoms with van der Waals surface area (Å²) in [7, 11) is 0. The van der Waals surface area contributed by atoms with Crippen molar-refractivity contribution in [1.29, 1.82) is 0 Å². The molecule has 1 N–H and O–H groups in total. The third-order valence-corrected chi connectivity index (χ3v) is 1.57. The first kappa shape index (κ1) is 9.19. The number of hydrogen-bond acceptors (Lipinski definition) is 3. The van der Waals surface area contributed by atoms with Crippen molar-refractivity contribution in [2.24, 2.45) is 0 Å². The minimum Gasteiger partial charge on any atom is -0.221 e. The van der Waals surface area contributed by atoms with Crippen molar-refractivity contribution in [2.45, 2.75) is 19.4 Å². The van der Waals surface area contributed by atoms with E-state index in [1.54, 1.807) is 0 Å². The molecule has 3 heteroatoms. The van der Waals surface area contributed by atoms with E-state index in [1.165, 1.54) is 0 Å². The molecule has 0 aromatic heterocycles. The maximum atomic E-state index is 7.99. The van der Waals surface area contributed by atoms with E-state index in [9.17, 15) is 0 Å². The molecular formula is C9H12O3. The summed E-state index contributed by atoms with van der Waals surface area (Å²) in [6.07, 6.45) is 0.582. The second-order valence-electron chi connectivity index (χ2n) is 2.67. The smallest absolute Gasteiger partial charge is 0.0973 e. The number of rotatable bonds is 4. The van der Waals surface area contributed by atoms with Crippen LogP contribution in [0, 0.1) is 0 Å². The van der Waals surface area contributed by atoms with Crippen LogP contribution in [0.1, 0.15) is 12.5 Å². The molecule has 0 saturated carbocycles. The highest BCUT2D eigenvalue weighted by molar-refractivity contribution is 5.15. The second kappa shape index (κ2) is 4.87. The third-order valence-electron chi connectivity index (χ3n) is 1.57. The molecule has 0 aliphatic rings. The van der Waals surface area contributed by atoms with Gasteiger partial charge in [-0.25, -0.2) is 10.1 Å². The van der Waals surface area contributed by atoms with E-state index >= 15 is 0 Å². The van der Waals surface area contributed by atoms with E-state index < -0.39 is 0 Å². The highest BCUT2D eigenvalue weighted by Crippen LogP contribution is 2.04. The van der Waals surface area contributed by atoms with Gasteiger partial charge in [0.15, 0.2) is 0 Å². The number of benzene rings is 1. The van der Waals surface area contributed by atoms with Crippen LogP contribution in [0.2, 0.25) is 0 Å². The van der Waals surface area contributed by atoms with Crippen LogP contribution in [-0.4, -0.2) is 11.4 Å². The Morgan fingerprint density at radius 3 is 2.58 bits per heavy atom. The zero-order valence-electron chi connectivity index (χ0n) is 6.93. The summed E-state index contributed by atoms with van der Waals surface area (Å²) >= 11 is 0. The zero-order valence-corrected chi connectivity index (χ0v) is 6.93. The highest BCUT2D eigenvalue weighted by Gasteiger charge is 2.03. The molecule has 0 saturated heterocycles. The standard InChI is InChI=1S/C9H12O3/c1-8(11-12-10)7-9-5-3-2-4-6-9/h2-6,8,10H,7H2,1H3. The van der Waals surface area contributed by atoms with Crippen LogP contribution in [0.4, 0.5) is 0 Å². The fourth-order valence-corrected chi connectivity index (χ4v) is 1.05. The zero-order chi connectivity index (χ0) is 8.81. The van der Waals surface area contributed by atoms with Gasteiger partial charge in [-0.05, 0) is 12.5 Å². The Hall–Kier alpha value is -0.900. The molecule has 0 bridgehead atoms. The van der Waals surface area contributed by atoms with Gasteiger partial charge < -0.3 is 0 Å². The van der Waals surface area contributed by atoms with E-state index in [1.807, 2.05) is 37.3 Å².